The lowest BCUT2D eigenvalue weighted by atomic mass is 10.6. The Morgan fingerprint density at radius 1 is 2.00 bits per heavy atom. The van der Waals surface area contributed by atoms with Gasteiger partial charge in [-0.15, -0.1) is 0 Å². The summed E-state index contributed by atoms with van der Waals surface area (Å²) in [6.45, 7) is -0.0826. The zero-order valence-corrected chi connectivity index (χ0v) is 5.11. The molecule has 0 aliphatic heterocycles. The average molecular weight is 131 g/mol. The summed E-state index contributed by atoms with van der Waals surface area (Å²) in [5, 5.41) is 11.3. The maximum atomic E-state index is 9.94. The Kier molecular flexibility index (Phi) is 3.19. The number of carboxylic acids is 1. The number of hydrogen-bond acceptors (Lipinski definition) is 3. The maximum Gasteiger partial charge on any atom is 0.323 e. The van der Waals surface area contributed by atoms with E-state index in [1.165, 1.54) is 11.2 Å². The second-order valence-corrected chi connectivity index (χ2v) is 1.57. The lowest BCUT2D eigenvalue weighted by Crippen LogP contribution is -2.24. The second kappa shape index (κ2) is 3.71. The number of aliphatic carboxylic acids is 1. The van der Waals surface area contributed by atoms with Crippen molar-refractivity contribution in [2.24, 2.45) is 10.9 Å². The van der Waals surface area contributed by atoms with Gasteiger partial charge in [0.25, 0.3) is 0 Å². The van der Waals surface area contributed by atoms with E-state index >= 15 is 0 Å². The molecule has 5 nitrogen and oxygen atoms in total. The fourth-order valence-corrected chi connectivity index (χ4v) is 0.368. The molecule has 0 aromatic heterocycles. The number of nitrogens with two attached hydrogens (primary N) is 1. The van der Waals surface area contributed by atoms with Gasteiger partial charge in [0.05, 0.1) is 0 Å². The lowest BCUT2D eigenvalue weighted by molar-refractivity contribution is -0.137. The highest BCUT2D eigenvalue weighted by molar-refractivity contribution is 5.72. The van der Waals surface area contributed by atoms with Crippen LogP contribution >= 0.6 is 0 Å². The molecular formula is C4H9N3O2. The van der Waals surface area contributed by atoms with E-state index in [1.54, 1.807) is 7.05 Å². The molecule has 0 saturated heterocycles. The van der Waals surface area contributed by atoms with Crippen LogP contribution in [0.4, 0.5) is 0 Å². The summed E-state index contributed by atoms with van der Waals surface area (Å²) < 4.78 is 0. The van der Waals surface area contributed by atoms with Gasteiger partial charge in [0, 0.05) is 7.05 Å². The molecule has 0 bridgehead atoms. The Bertz CT molecular complexity index is 123. The molecule has 52 valence electrons. The molecule has 0 atom stereocenters. The van der Waals surface area contributed by atoms with Gasteiger partial charge < -0.3 is 15.8 Å². The van der Waals surface area contributed by atoms with Crippen molar-refractivity contribution in [1.82, 2.24) is 4.90 Å². The molecular weight excluding hydrogens is 122 g/mol. The highest BCUT2D eigenvalue weighted by Crippen LogP contribution is 1.73. The normalized spacial score (nSPS) is 9.89. The minimum absolute atomic E-state index is 0.0826. The van der Waals surface area contributed by atoms with E-state index in [0.717, 1.165) is 0 Å². The third kappa shape index (κ3) is 4.60. The van der Waals surface area contributed by atoms with Gasteiger partial charge in [-0.1, -0.05) is 0 Å². The second-order valence-electron chi connectivity index (χ2n) is 1.57. The molecule has 0 aromatic rings. The van der Waals surface area contributed by atoms with Crippen LogP contribution < -0.4 is 5.84 Å². The van der Waals surface area contributed by atoms with Crippen molar-refractivity contribution in [3.8, 4) is 0 Å². The quantitative estimate of drug-likeness (QED) is 0.220. The van der Waals surface area contributed by atoms with Gasteiger partial charge in [0.15, 0.2) is 0 Å². The molecule has 3 N–H and O–H groups in total. The van der Waals surface area contributed by atoms with E-state index in [-0.39, 0.29) is 6.54 Å². The van der Waals surface area contributed by atoms with Crippen LogP contribution in [-0.4, -0.2) is 35.9 Å². The number of likely N-dealkylation sites (N-methyl/N-ethyl adjacent to an activating group) is 1. The molecule has 0 saturated carbocycles. The minimum atomic E-state index is -0.905. The molecule has 0 aliphatic rings. The van der Waals surface area contributed by atoms with E-state index in [4.69, 9.17) is 10.9 Å². The Morgan fingerprint density at radius 2 is 2.56 bits per heavy atom. The topological polar surface area (TPSA) is 78.9 Å². The van der Waals surface area contributed by atoms with Crippen molar-refractivity contribution in [3.63, 3.8) is 0 Å². The highest BCUT2D eigenvalue weighted by atomic mass is 16.4. The average Bonchev–Trinajstić information content (AvgIpc) is 1.63. The predicted molar refractivity (Wildman–Crippen MR) is 32.9 cm³/mol. The van der Waals surface area contributed by atoms with Crippen molar-refractivity contribution in [1.29, 1.82) is 0 Å². The zero-order valence-electron chi connectivity index (χ0n) is 5.11. The van der Waals surface area contributed by atoms with Gasteiger partial charge in [-0.2, -0.15) is 5.10 Å². The Balaban J connectivity index is 3.50. The first-order valence-corrected chi connectivity index (χ1v) is 2.32. The van der Waals surface area contributed by atoms with E-state index in [9.17, 15) is 4.79 Å². The van der Waals surface area contributed by atoms with Crippen LogP contribution in [0.3, 0.4) is 0 Å². The molecule has 0 spiro atoms. The van der Waals surface area contributed by atoms with Gasteiger partial charge in [0.1, 0.15) is 12.9 Å². The summed E-state index contributed by atoms with van der Waals surface area (Å²) in [6, 6.07) is 0. The molecule has 0 rings (SSSR count). The first kappa shape index (κ1) is 7.74. The zero-order chi connectivity index (χ0) is 7.28. The Morgan fingerprint density at radius 3 is 2.89 bits per heavy atom. The number of hydrazone groups is 1. The standard InChI is InChI=1S/C4H9N3O2/c1-7(3-6-5)2-4(8)9/h3H,2,5H2,1H3,(H,8,9)/b6-3+. The Hall–Kier alpha value is -1.26. The summed E-state index contributed by atoms with van der Waals surface area (Å²) in [5.41, 5.74) is 0. The van der Waals surface area contributed by atoms with E-state index in [2.05, 4.69) is 5.10 Å². The monoisotopic (exact) mass is 131 g/mol. The Labute approximate surface area is 52.8 Å². The summed E-state index contributed by atoms with van der Waals surface area (Å²) in [6.07, 6.45) is 1.24. The lowest BCUT2D eigenvalue weighted by Gasteiger charge is -2.06. The van der Waals surface area contributed by atoms with Crippen molar-refractivity contribution in [2.75, 3.05) is 13.6 Å². The fourth-order valence-electron chi connectivity index (χ4n) is 0.368. The van der Waals surface area contributed by atoms with Gasteiger partial charge in [-0.3, -0.25) is 4.79 Å². The minimum Gasteiger partial charge on any atom is -0.480 e. The number of carbonyl (C=O) groups is 1. The van der Waals surface area contributed by atoms with Crippen molar-refractivity contribution in [3.05, 3.63) is 0 Å². The maximum absolute atomic E-state index is 9.94. The molecule has 0 heterocycles. The van der Waals surface area contributed by atoms with Gasteiger partial charge in [0.2, 0.25) is 0 Å². The third-order valence-electron chi connectivity index (χ3n) is 0.648. The smallest absolute Gasteiger partial charge is 0.323 e. The van der Waals surface area contributed by atoms with E-state index < -0.39 is 5.97 Å². The number of hydrogen-bond donors (Lipinski definition) is 2. The van der Waals surface area contributed by atoms with Gasteiger partial charge in [-0.25, -0.2) is 0 Å². The van der Waals surface area contributed by atoms with Crippen LogP contribution in [-0.2, 0) is 4.79 Å². The summed E-state index contributed by atoms with van der Waals surface area (Å²) in [5.74, 6) is 3.83. The largest absolute Gasteiger partial charge is 0.480 e. The first-order valence-electron chi connectivity index (χ1n) is 2.32. The van der Waals surface area contributed by atoms with Crippen LogP contribution in [0.15, 0.2) is 5.10 Å². The summed E-state index contributed by atoms with van der Waals surface area (Å²) in [7, 11) is 1.57. The number of nitrogens with zero attached hydrogens (tertiary/aromatic N) is 2. The summed E-state index contributed by atoms with van der Waals surface area (Å²) >= 11 is 0. The molecule has 0 unspecified atom stereocenters. The number of carboxylic acid groups (broad SMARTS) is 1. The third-order valence-corrected chi connectivity index (χ3v) is 0.648. The molecule has 0 amide bonds. The molecule has 0 aliphatic carbocycles. The molecule has 0 fully saturated rings. The number of rotatable bonds is 3. The van der Waals surface area contributed by atoms with Crippen LogP contribution in [0.5, 0.6) is 0 Å². The van der Waals surface area contributed by atoms with Crippen molar-refractivity contribution < 1.29 is 9.90 Å². The van der Waals surface area contributed by atoms with Crippen LogP contribution in [0.25, 0.3) is 0 Å². The molecule has 0 radical (unpaired) electrons. The van der Waals surface area contributed by atoms with Crippen LogP contribution in [0.2, 0.25) is 0 Å². The van der Waals surface area contributed by atoms with E-state index in [1.807, 2.05) is 0 Å². The first-order chi connectivity index (χ1) is 4.16. The van der Waals surface area contributed by atoms with Crippen LogP contribution in [0.1, 0.15) is 0 Å². The molecule has 9 heavy (non-hydrogen) atoms. The van der Waals surface area contributed by atoms with Gasteiger partial charge >= 0.3 is 5.97 Å². The molecule has 0 aromatic carbocycles. The predicted octanol–water partition coefficient (Wildman–Crippen LogP) is -1.10. The fraction of sp³-hybridized carbons (Fsp3) is 0.500. The molecule has 5 heteroatoms. The van der Waals surface area contributed by atoms with Crippen molar-refractivity contribution in [2.45, 2.75) is 0 Å². The van der Waals surface area contributed by atoms with Crippen molar-refractivity contribution >= 4 is 12.3 Å². The highest BCUT2D eigenvalue weighted by Gasteiger charge is 1.97. The van der Waals surface area contributed by atoms with E-state index in [0.29, 0.717) is 0 Å². The van der Waals surface area contributed by atoms with Crippen LogP contribution in [0, 0.1) is 0 Å². The summed E-state index contributed by atoms with van der Waals surface area (Å²) in [4.78, 5) is 11.3. The van der Waals surface area contributed by atoms with Gasteiger partial charge in [-0.05, 0) is 0 Å². The SMILES string of the molecule is CN(/C=N/N)CC(=O)O.